The molecule has 0 bridgehead atoms. The van der Waals surface area contributed by atoms with Gasteiger partial charge in [-0.15, -0.1) is 0 Å². The normalized spacial score (nSPS) is 11.2. The monoisotopic (exact) mass is 344 g/mol. The Bertz CT molecular complexity index is 942. The Balaban J connectivity index is 2.29. The second-order valence-corrected chi connectivity index (χ2v) is 6.04. The number of hydrogen-bond donors (Lipinski definition) is 1. The average Bonchev–Trinajstić information content (AvgIpc) is 2.94. The molecule has 0 aliphatic carbocycles. The van der Waals surface area contributed by atoms with Gasteiger partial charge >= 0.3 is 5.69 Å². The van der Waals surface area contributed by atoms with Gasteiger partial charge in [-0.25, -0.2) is 4.79 Å². The first-order valence-electron chi connectivity index (χ1n) is 7.54. The van der Waals surface area contributed by atoms with E-state index in [2.05, 4.69) is 21.6 Å². The third-order valence-electron chi connectivity index (χ3n) is 3.52. The van der Waals surface area contributed by atoms with Gasteiger partial charge in [-0.3, -0.25) is 4.98 Å². The first kappa shape index (κ1) is 16.3. The summed E-state index contributed by atoms with van der Waals surface area (Å²) in [5, 5.41) is 5.07. The highest BCUT2D eigenvalue weighted by Crippen LogP contribution is 2.32. The van der Waals surface area contributed by atoms with Gasteiger partial charge in [-0.1, -0.05) is 50.2 Å². The molecule has 0 amide bonds. The standard InChI is InChI=1S/C17H17ClN4O2/c1-4-9-24-16-19-15-13(11-5-7-12(18)8-6-11)14(10(2)3)21-22(15)17(23)20-16/h4-8,10H,1,9H2,2-3H3,(H,19,20,23). The number of nitrogens with zero attached hydrogens (tertiary/aromatic N) is 3. The van der Waals surface area contributed by atoms with Crippen LogP contribution in [0.1, 0.15) is 25.5 Å². The van der Waals surface area contributed by atoms with Crippen LogP contribution >= 0.6 is 11.6 Å². The minimum absolute atomic E-state index is 0.120. The fourth-order valence-corrected chi connectivity index (χ4v) is 2.57. The largest absolute Gasteiger partial charge is 0.460 e. The van der Waals surface area contributed by atoms with E-state index >= 15 is 0 Å². The van der Waals surface area contributed by atoms with Crippen molar-refractivity contribution < 1.29 is 4.74 Å². The van der Waals surface area contributed by atoms with Gasteiger partial charge in [-0.05, 0) is 23.6 Å². The SMILES string of the molecule is C=CCOc1nc2c(-c3ccc(Cl)cc3)c(C(C)C)nn2c(=O)[nH]1. The Morgan fingerprint density at radius 1 is 1.38 bits per heavy atom. The van der Waals surface area contributed by atoms with E-state index in [1.807, 2.05) is 26.0 Å². The number of benzene rings is 1. The molecule has 0 aliphatic rings. The summed E-state index contributed by atoms with van der Waals surface area (Å²) in [4.78, 5) is 19.3. The lowest BCUT2D eigenvalue weighted by Gasteiger charge is -2.06. The lowest BCUT2D eigenvalue weighted by atomic mass is 10.00. The van der Waals surface area contributed by atoms with E-state index in [1.165, 1.54) is 4.52 Å². The van der Waals surface area contributed by atoms with Crippen molar-refractivity contribution in [2.75, 3.05) is 6.61 Å². The zero-order chi connectivity index (χ0) is 17.3. The summed E-state index contributed by atoms with van der Waals surface area (Å²) >= 11 is 5.98. The summed E-state index contributed by atoms with van der Waals surface area (Å²) in [6.45, 7) is 7.87. The van der Waals surface area contributed by atoms with Crippen LogP contribution in [0.5, 0.6) is 6.01 Å². The fraction of sp³-hybridized carbons (Fsp3) is 0.235. The van der Waals surface area contributed by atoms with Gasteiger partial charge in [-0.2, -0.15) is 14.6 Å². The molecule has 0 aliphatic heterocycles. The third-order valence-corrected chi connectivity index (χ3v) is 3.77. The van der Waals surface area contributed by atoms with E-state index in [4.69, 9.17) is 16.3 Å². The first-order valence-corrected chi connectivity index (χ1v) is 7.91. The molecule has 0 saturated carbocycles. The Kier molecular flexibility index (Phi) is 4.40. The second-order valence-electron chi connectivity index (χ2n) is 5.60. The number of hydrogen-bond acceptors (Lipinski definition) is 4. The Hall–Kier alpha value is -2.60. The van der Waals surface area contributed by atoms with E-state index in [1.54, 1.807) is 18.2 Å². The van der Waals surface area contributed by atoms with Gasteiger partial charge in [0, 0.05) is 5.02 Å². The maximum atomic E-state index is 12.3. The van der Waals surface area contributed by atoms with Crippen molar-refractivity contribution in [3.05, 3.63) is 58.1 Å². The number of ether oxygens (including phenoxy) is 1. The van der Waals surface area contributed by atoms with Crippen LogP contribution in [0, 0.1) is 0 Å². The molecule has 0 unspecified atom stereocenters. The highest BCUT2D eigenvalue weighted by Gasteiger charge is 2.20. The van der Waals surface area contributed by atoms with Crippen LogP contribution < -0.4 is 10.4 Å². The minimum atomic E-state index is -0.402. The van der Waals surface area contributed by atoms with Gasteiger partial charge in [0.1, 0.15) is 6.61 Å². The molecule has 1 N–H and O–H groups in total. The van der Waals surface area contributed by atoms with Gasteiger partial charge in [0.25, 0.3) is 6.01 Å². The molecule has 7 heteroatoms. The van der Waals surface area contributed by atoms with E-state index < -0.39 is 5.69 Å². The summed E-state index contributed by atoms with van der Waals surface area (Å²) in [6.07, 6.45) is 1.58. The molecule has 24 heavy (non-hydrogen) atoms. The van der Waals surface area contributed by atoms with Gasteiger partial charge in [0.15, 0.2) is 5.65 Å². The van der Waals surface area contributed by atoms with Crippen molar-refractivity contribution >= 4 is 17.2 Å². The number of H-pyrrole nitrogens is 1. The molecule has 2 aromatic heterocycles. The van der Waals surface area contributed by atoms with Crippen LogP contribution in [0.3, 0.4) is 0 Å². The smallest absolute Gasteiger partial charge is 0.352 e. The van der Waals surface area contributed by atoms with Crippen LogP contribution in [0.15, 0.2) is 41.7 Å². The Morgan fingerprint density at radius 3 is 2.71 bits per heavy atom. The highest BCUT2D eigenvalue weighted by atomic mass is 35.5. The molecule has 0 spiro atoms. The molecule has 1 aromatic carbocycles. The molecular weight excluding hydrogens is 328 g/mol. The van der Waals surface area contributed by atoms with Gasteiger partial charge in [0.2, 0.25) is 0 Å². The molecule has 124 valence electrons. The van der Waals surface area contributed by atoms with Crippen molar-refractivity contribution in [1.82, 2.24) is 19.6 Å². The fourth-order valence-electron chi connectivity index (χ4n) is 2.44. The van der Waals surface area contributed by atoms with Gasteiger partial charge < -0.3 is 4.74 Å². The zero-order valence-electron chi connectivity index (χ0n) is 13.4. The number of rotatable bonds is 5. The predicted molar refractivity (Wildman–Crippen MR) is 93.8 cm³/mol. The summed E-state index contributed by atoms with van der Waals surface area (Å²) in [5.41, 5.74) is 2.53. The molecule has 0 fully saturated rings. The summed E-state index contributed by atoms with van der Waals surface area (Å²) in [5.74, 6) is 0.120. The quantitative estimate of drug-likeness (QED) is 0.720. The van der Waals surface area contributed by atoms with Crippen molar-refractivity contribution in [2.45, 2.75) is 19.8 Å². The van der Waals surface area contributed by atoms with Crippen molar-refractivity contribution in [1.29, 1.82) is 0 Å². The van der Waals surface area contributed by atoms with E-state index in [-0.39, 0.29) is 18.5 Å². The van der Waals surface area contributed by atoms with Crippen LogP contribution in [-0.2, 0) is 0 Å². The maximum Gasteiger partial charge on any atom is 0.352 e. The molecule has 3 aromatic rings. The van der Waals surface area contributed by atoms with Crippen molar-refractivity contribution in [2.24, 2.45) is 0 Å². The molecule has 6 nitrogen and oxygen atoms in total. The maximum absolute atomic E-state index is 12.3. The molecule has 0 radical (unpaired) electrons. The summed E-state index contributed by atoms with van der Waals surface area (Å²) in [7, 11) is 0. The van der Waals surface area contributed by atoms with Crippen LogP contribution in [0.4, 0.5) is 0 Å². The van der Waals surface area contributed by atoms with Crippen LogP contribution in [0.2, 0.25) is 5.02 Å². The van der Waals surface area contributed by atoms with Gasteiger partial charge in [0.05, 0.1) is 11.3 Å². The lowest BCUT2D eigenvalue weighted by Crippen LogP contribution is -2.20. The predicted octanol–water partition coefficient (Wildman–Crippen LogP) is 3.43. The minimum Gasteiger partial charge on any atom is -0.460 e. The van der Waals surface area contributed by atoms with Crippen molar-refractivity contribution in [3.8, 4) is 17.1 Å². The first-order chi connectivity index (χ1) is 11.5. The zero-order valence-corrected chi connectivity index (χ0v) is 14.2. The van der Waals surface area contributed by atoms with Crippen LogP contribution in [0.25, 0.3) is 16.8 Å². The number of halogens is 1. The molecular formula is C17H17ClN4O2. The Labute approximate surface area is 143 Å². The molecule has 0 atom stereocenters. The molecule has 2 heterocycles. The van der Waals surface area contributed by atoms with E-state index in [9.17, 15) is 4.79 Å². The third kappa shape index (κ3) is 2.92. The van der Waals surface area contributed by atoms with E-state index in [0.29, 0.717) is 10.7 Å². The molecule has 3 rings (SSSR count). The lowest BCUT2D eigenvalue weighted by molar-refractivity contribution is 0.331. The summed E-state index contributed by atoms with van der Waals surface area (Å²) in [6, 6.07) is 7.51. The second kappa shape index (κ2) is 6.49. The number of aromatic nitrogens is 4. The van der Waals surface area contributed by atoms with E-state index in [0.717, 1.165) is 16.8 Å². The number of nitrogens with one attached hydrogen (secondary N) is 1. The van der Waals surface area contributed by atoms with Crippen molar-refractivity contribution in [3.63, 3.8) is 0 Å². The number of aromatic amines is 1. The summed E-state index contributed by atoms with van der Waals surface area (Å²) < 4.78 is 6.64. The van der Waals surface area contributed by atoms with Crippen LogP contribution in [-0.4, -0.2) is 26.2 Å². The Morgan fingerprint density at radius 2 is 2.08 bits per heavy atom. The average molecular weight is 345 g/mol. The topological polar surface area (TPSA) is 72.3 Å². The highest BCUT2D eigenvalue weighted by molar-refractivity contribution is 6.30. The molecule has 0 saturated heterocycles. The number of fused-ring (bicyclic) bond motifs is 1.